The summed E-state index contributed by atoms with van der Waals surface area (Å²) in [5, 5.41) is 6.66. The van der Waals surface area contributed by atoms with E-state index < -0.39 is 0 Å². The number of aromatic nitrogens is 2. The van der Waals surface area contributed by atoms with Crippen LogP contribution in [0, 0.1) is 0 Å². The van der Waals surface area contributed by atoms with Gasteiger partial charge in [-0.25, -0.2) is 4.98 Å². The van der Waals surface area contributed by atoms with Gasteiger partial charge in [-0.1, -0.05) is 78.9 Å². The number of para-hydroxylation sites is 4. The van der Waals surface area contributed by atoms with Gasteiger partial charge in [-0.3, -0.25) is 0 Å². The standard InChI is InChI=1S/C39H22N2O2/c1-5-16-30-27(13-1)35(39-37(40-30)29-15-4-8-19-34(29)43-39)23-10-9-11-24(22-23)41-31-17-6-2-14-28(31)36-32(41)21-20-26-25-12-3-7-18-33(25)42-38(26)36/h1-22H. The monoisotopic (exact) mass is 550 g/mol. The number of hydrogen-bond donors (Lipinski definition) is 0. The smallest absolute Gasteiger partial charge is 0.162 e. The van der Waals surface area contributed by atoms with E-state index in [9.17, 15) is 0 Å². The Morgan fingerprint density at radius 3 is 2.07 bits per heavy atom. The van der Waals surface area contributed by atoms with Gasteiger partial charge >= 0.3 is 0 Å². The maximum absolute atomic E-state index is 6.51. The van der Waals surface area contributed by atoms with Crippen molar-refractivity contribution in [3.05, 3.63) is 133 Å². The number of rotatable bonds is 2. The van der Waals surface area contributed by atoms with Crippen molar-refractivity contribution in [2.45, 2.75) is 0 Å². The van der Waals surface area contributed by atoms with E-state index in [1.165, 1.54) is 5.39 Å². The van der Waals surface area contributed by atoms with Gasteiger partial charge in [0.2, 0.25) is 0 Å². The first-order chi connectivity index (χ1) is 21.3. The number of pyridine rings is 1. The minimum absolute atomic E-state index is 0.809. The van der Waals surface area contributed by atoms with Crippen LogP contribution in [0.3, 0.4) is 0 Å². The molecule has 0 atom stereocenters. The van der Waals surface area contributed by atoms with Crippen molar-refractivity contribution < 1.29 is 8.83 Å². The molecule has 10 aromatic rings. The Morgan fingerprint density at radius 1 is 0.488 bits per heavy atom. The first kappa shape index (κ1) is 22.8. The molecule has 0 aliphatic carbocycles. The zero-order chi connectivity index (χ0) is 28.1. The second-order valence-electron chi connectivity index (χ2n) is 11.1. The molecule has 6 aromatic carbocycles. The van der Waals surface area contributed by atoms with Crippen molar-refractivity contribution in [2.24, 2.45) is 0 Å². The fourth-order valence-electron chi connectivity index (χ4n) is 6.94. The van der Waals surface area contributed by atoms with Gasteiger partial charge in [0.15, 0.2) is 5.58 Å². The van der Waals surface area contributed by atoms with E-state index in [0.29, 0.717) is 0 Å². The van der Waals surface area contributed by atoms with Gasteiger partial charge in [-0.2, -0.15) is 0 Å². The molecule has 0 saturated carbocycles. The van der Waals surface area contributed by atoms with Crippen LogP contribution in [0.5, 0.6) is 0 Å². The molecule has 0 aliphatic heterocycles. The zero-order valence-corrected chi connectivity index (χ0v) is 22.9. The van der Waals surface area contributed by atoms with Crippen LogP contribution in [-0.2, 0) is 0 Å². The molecule has 0 N–H and O–H groups in total. The van der Waals surface area contributed by atoms with Crippen LogP contribution in [-0.4, -0.2) is 9.55 Å². The molecule has 4 nitrogen and oxygen atoms in total. The van der Waals surface area contributed by atoms with Gasteiger partial charge < -0.3 is 13.4 Å². The largest absolute Gasteiger partial charge is 0.455 e. The van der Waals surface area contributed by atoms with Crippen molar-refractivity contribution >= 4 is 76.7 Å². The summed E-state index contributed by atoms with van der Waals surface area (Å²) in [6.07, 6.45) is 0. The van der Waals surface area contributed by atoms with E-state index in [4.69, 9.17) is 13.8 Å². The third kappa shape index (κ3) is 3.07. The SMILES string of the molecule is c1cc(-c2c3ccccc3nc3c2oc2ccccc23)cc(-n2c3ccccc3c3c4oc5ccccc5c4ccc32)c1. The fraction of sp³-hybridized carbons (Fsp3) is 0. The number of nitrogens with zero attached hydrogens (tertiary/aromatic N) is 2. The zero-order valence-electron chi connectivity index (χ0n) is 22.9. The van der Waals surface area contributed by atoms with E-state index in [0.717, 1.165) is 88.1 Å². The Morgan fingerprint density at radius 2 is 1.19 bits per heavy atom. The van der Waals surface area contributed by atoms with Crippen molar-refractivity contribution in [1.82, 2.24) is 9.55 Å². The maximum atomic E-state index is 6.51. The predicted octanol–water partition coefficient (Wildman–Crippen LogP) is 10.8. The molecule has 200 valence electrons. The number of fused-ring (bicyclic) bond motifs is 11. The normalized spacial score (nSPS) is 12.2. The molecule has 0 unspecified atom stereocenters. The molecule has 0 spiro atoms. The number of benzene rings is 6. The second kappa shape index (κ2) is 8.34. The highest BCUT2D eigenvalue weighted by molar-refractivity contribution is 6.24. The molecule has 0 bridgehead atoms. The predicted molar refractivity (Wildman–Crippen MR) is 176 cm³/mol. The van der Waals surface area contributed by atoms with Crippen molar-refractivity contribution in [3.8, 4) is 16.8 Å². The highest BCUT2D eigenvalue weighted by atomic mass is 16.3. The highest BCUT2D eigenvalue weighted by Crippen LogP contribution is 2.43. The van der Waals surface area contributed by atoms with Gasteiger partial charge in [0.05, 0.1) is 21.9 Å². The third-order valence-corrected chi connectivity index (χ3v) is 8.78. The minimum Gasteiger partial charge on any atom is -0.455 e. The maximum Gasteiger partial charge on any atom is 0.162 e. The van der Waals surface area contributed by atoms with Crippen LogP contribution in [0.25, 0.3) is 93.5 Å². The van der Waals surface area contributed by atoms with Crippen LogP contribution in [0.1, 0.15) is 0 Å². The summed E-state index contributed by atoms with van der Waals surface area (Å²) >= 11 is 0. The fourth-order valence-corrected chi connectivity index (χ4v) is 6.94. The van der Waals surface area contributed by atoms with Gasteiger partial charge in [0, 0.05) is 38.2 Å². The minimum atomic E-state index is 0.809. The molecule has 0 amide bonds. The topological polar surface area (TPSA) is 44.1 Å². The van der Waals surface area contributed by atoms with Crippen LogP contribution >= 0.6 is 0 Å². The Kier molecular flexibility index (Phi) is 4.42. The lowest BCUT2D eigenvalue weighted by Crippen LogP contribution is -1.95. The first-order valence-corrected chi connectivity index (χ1v) is 14.5. The molecule has 4 aromatic heterocycles. The van der Waals surface area contributed by atoms with Crippen molar-refractivity contribution in [2.75, 3.05) is 0 Å². The van der Waals surface area contributed by atoms with E-state index in [1.54, 1.807) is 0 Å². The molecule has 0 radical (unpaired) electrons. The van der Waals surface area contributed by atoms with Crippen LogP contribution in [0.4, 0.5) is 0 Å². The molecular formula is C39H22N2O2. The summed E-state index contributed by atoms with van der Waals surface area (Å²) in [6, 6.07) is 46.5. The van der Waals surface area contributed by atoms with E-state index >= 15 is 0 Å². The van der Waals surface area contributed by atoms with E-state index in [1.807, 2.05) is 36.4 Å². The molecule has 4 heteroatoms. The molecule has 43 heavy (non-hydrogen) atoms. The van der Waals surface area contributed by atoms with Crippen LogP contribution in [0.15, 0.2) is 142 Å². The summed E-state index contributed by atoms with van der Waals surface area (Å²) in [7, 11) is 0. The molecule has 10 rings (SSSR count). The average Bonchev–Trinajstić information content (AvgIpc) is 3.73. The van der Waals surface area contributed by atoms with Gasteiger partial charge in [-0.15, -0.1) is 0 Å². The average molecular weight is 551 g/mol. The van der Waals surface area contributed by atoms with Crippen LogP contribution in [0.2, 0.25) is 0 Å². The van der Waals surface area contributed by atoms with E-state index in [2.05, 4.69) is 102 Å². The lowest BCUT2D eigenvalue weighted by Gasteiger charge is -2.12. The van der Waals surface area contributed by atoms with Crippen LogP contribution < -0.4 is 0 Å². The summed E-state index contributed by atoms with van der Waals surface area (Å²) in [6.45, 7) is 0. The number of hydrogen-bond acceptors (Lipinski definition) is 3. The Hall–Kier alpha value is -5.87. The summed E-state index contributed by atoms with van der Waals surface area (Å²) in [5.41, 5.74) is 10.8. The highest BCUT2D eigenvalue weighted by Gasteiger charge is 2.21. The second-order valence-corrected chi connectivity index (χ2v) is 11.1. The Labute approximate surface area is 245 Å². The summed E-state index contributed by atoms with van der Waals surface area (Å²) in [4.78, 5) is 5.04. The Bertz CT molecular complexity index is 2740. The lowest BCUT2D eigenvalue weighted by atomic mass is 9.99. The number of furan rings is 2. The molecule has 0 fully saturated rings. The summed E-state index contributed by atoms with van der Waals surface area (Å²) < 4.78 is 15.4. The third-order valence-electron chi connectivity index (χ3n) is 8.78. The first-order valence-electron chi connectivity index (χ1n) is 14.5. The molecule has 0 saturated heterocycles. The quantitative estimate of drug-likeness (QED) is 0.215. The van der Waals surface area contributed by atoms with Gasteiger partial charge in [0.25, 0.3) is 0 Å². The Balaban J connectivity index is 1.30. The molecule has 4 heterocycles. The van der Waals surface area contributed by atoms with E-state index in [-0.39, 0.29) is 0 Å². The lowest BCUT2D eigenvalue weighted by molar-refractivity contribution is 0.670. The molecular weight excluding hydrogens is 528 g/mol. The molecule has 0 aliphatic rings. The van der Waals surface area contributed by atoms with Crippen molar-refractivity contribution in [1.29, 1.82) is 0 Å². The van der Waals surface area contributed by atoms with Crippen molar-refractivity contribution in [3.63, 3.8) is 0 Å². The van der Waals surface area contributed by atoms with Gasteiger partial charge in [0.1, 0.15) is 22.3 Å². The summed E-state index contributed by atoms with van der Waals surface area (Å²) in [5.74, 6) is 0. The van der Waals surface area contributed by atoms with Gasteiger partial charge in [-0.05, 0) is 60.2 Å².